The second-order valence-corrected chi connectivity index (χ2v) is 11.2. The summed E-state index contributed by atoms with van der Waals surface area (Å²) in [7, 11) is 0. The van der Waals surface area contributed by atoms with Gasteiger partial charge in [0.1, 0.15) is 0 Å². The molecule has 0 aromatic heterocycles. The molecule has 3 nitrogen and oxygen atoms in total. The zero-order valence-electron chi connectivity index (χ0n) is 22.5. The van der Waals surface area contributed by atoms with Crippen LogP contribution in [0.4, 0.5) is 5.69 Å². The number of anilines is 1. The maximum atomic E-state index is 8.90. The molecule has 0 aliphatic heterocycles. The third-order valence-electron chi connectivity index (χ3n) is 7.66. The van der Waals surface area contributed by atoms with Crippen LogP contribution in [0.25, 0.3) is 22.9 Å². The highest BCUT2D eigenvalue weighted by molar-refractivity contribution is 6.11. The molecular weight excluding hydrogens is 450 g/mol. The Kier molecular flexibility index (Phi) is 6.64. The Bertz CT molecular complexity index is 1440. The van der Waals surface area contributed by atoms with Crippen LogP contribution in [0.15, 0.2) is 78.9 Å². The maximum Gasteiger partial charge on any atom is 0.193 e. The molecule has 4 aromatic carbocycles. The summed E-state index contributed by atoms with van der Waals surface area (Å²) in [6.07, 6.45) is 5.44. The number of benzene rings is 4. The van der Waals surface area contributed by atoms with Crippen LogP contribution in [-0.2, 0) is 5.41 Å². The molecule has 3 heteroatoms. The Labute approximate surface area is 221 Å². The summed E-state index contributed by atoms with van der Waals surface area (Å²) in [6, 6.07) is 28.1. The monoisotopic (exact) mass is 487 g/mol. The normalized spacial score (nSPS) is 14.0. The summed E-state index contributed by atoms with van der Waals surface area (Å²) in [5, 5.41) is 18.1. The molecule has 0 heterocycles. The first kappa shape index (κ1) is 24.8. The van der Waals surface area contributed by atoms with Gasteiger partial charge in [0.15, 0.2) is 5.96 Å². The third kappa shape index (κ3) is 5.04. The van der Waals surface area contributed by atoms with Crippen molar-refractivity contribution in [3.63, 3.8) is 0 Å². The second kappa shape index (κ2) is 9.89. The van der Waals surface area contributed by atoms with Crippen molar-refractivity contribution in [3.05, 3.63) is 112 Å². The second-order valence-electron chi connectivity index (χ2n) is 11.2. The topological polar surface area (TPSA) is 47.9 Å². The van der Waals surface area contributed by atoms with Gasteiger partial charge in [0.05, 0.1) is 6.04 Å². The Morgan fingerprint density at radius 3 is 2.00 bits per heavy atom. The molecule has 1 aliphatic carbocycles. The molecule has 0 saturated carbocycles. The van der Waals surface area contributed by atoms with E-state index >= 15 is 0 Å². The average Bonchev–Trinajstić information content (AvgIpc) is 3.33. The Morgan fingerprint density at radius 2 is 1.38 bits per heavy atom. The largest absolute Gasteiger partial charge is 0.345 e. The van der Waals surface area contributed by atoms with Crippen LogP contribution < -0.4 is 10.6 Å². The molecule has 4 aromatic rings. The molecule has 5 rings (SSSR count). The molecule has 1 aliphatic rings. The molecule has 0 spiro atoms. The smallest absolute Gasteiger partial charge is 0.193 e. The van der Waals surface area contributed by atoms with Gasteiger partial charge in [-0.05, 0) is 62.6 Å². The minimum atomic E-state index is -0.140. The molecule has 0 saturated heterocycles. The molecule has 0 amide bonds. The van der Waals surface area contributed by atoms with E-state index in [4.69, 9.17) is 5.41 Å². The minimum Gasteiger partial charge on any atom is -0.345 e. The Balaban J connectivity index is 1.45. The van der Waals surface area contributed by atoms with E-state index in [1.54, 1.807) is 0 Å². The maximum absolute atomic E-state index is 8.90. The summed E-state index contributed by atoms with van der Waals surface area (Å²) in [5.41, 5.74) is 8.43. The number of nitrogens with one attached hydrogen (secondary N) is 3. The molecule has 3 N–H and O–H groups in total. The standard InChI is InChI=1S/C34H37N3/c1-6-22(2)23-10-14-26(15-11-23)32(27-16-19-28(20-17-27)34(3,4)5)37-33(35)36-30-21-18-25-13-12-24-8-7-9-29(30)31(24)25/h7-22,32H,6H2,1-5H3,(H3,35,36,37). The fourth-order valence-electron chi connectivity index (χ4n) is 5.13. The van der Waals surface area contributed by atoms with Crippen molar-refractivity contribution in [3.8, 4) is 0 Å². The minimum absolute atomic E-state index is 0.0955. The first-order chi connectivity index (χ1) is 17.7. The van der Waals surface area contributed by atoms with Gasteiger partial charge in [0, 0.05) is 11.1 Å². The predicted molar refractivity (Wildman–Crippen MR) is 159 cm³/mol. The summed E-state index contributed by atoms with van der Waals surface area (Å²) >= 11 is 0. The highest BCUT2D eigenvalue weighted by atomic mass is 15.2. The van der Waals surface area contributed by atoms with Crippen LogP contribution in [0.2, 0.25) is 0 Å². The lowest BCUT2D eigenvalue weighted by atomic mass is 9.85. The highest BCUT2D eigenvalue weighted by Gasteiger charge is 2.20. The lowest BCUT2D eigenvalue weighted by molar-refractivity contribution is 0.589. The van der Waals surface area contributed by atoms with Crippen LogP contribution in [0.3, 0.4) is 0 Å². The van der Waals surface area contributed by atoms with Gasteiger partial charge in [-0.3, -0.25) is 5.41 Å². The summed E-state index contributed by atoms with van der Waals surface area (Å²) in [4.78, 5) is 0. The van der Waals surface area contributed by atoms with E-state index in [2.05, 4.69) is 136 Å². The first-order valence-electron chi connectivity index (χ1n) is 13.3. The van der Waals surface area contributed by atoms with E-state index < -0.39 is 0 Å². The molecule has 188 valence electrons. The van der Waals surface area contributed by atoms with Crippen molar-refractivity contribution >= 4 is 34.6 Å². The van der Waals surface area contributed by atoms with Crippen molar-refractivity contribution in [2.75, 3.05) is 5.32 Å². The van der Waals surface area contributed by atoms with Crippen LogP contribution in [-0.4, -0.2) is 5.96 Å². The molecule has 2 atom stereocenters. The van der Waals surface area contributed by atoms with Crippen molar-refractivity contribution < 1.29 is 0 Å². The fourth-order valence-corrected chi connectivity index (χ4v) is 5.13. The average molecular weight is 488 g/mol. The highest BCUT2D eigenvalue weighted by Crippen LogP contribution is 2.35. The lowest BCUT2D eigenvalue weighted by Crippen LogP contribution is -2.34. The van der Waals surface area contributed by atoms with Crippen LogP contribution in [0, 0.1) is 5.41 Å². The van der Waals surface area contributed by atoms with E-state index in [-0.39, 0.29) is 17.4 Å². The molecule has 0 radical (unpaired) electrons. The quantitative estimate of drug-likeness (QED) is 0.165. The summed E-state index contributed by atoms with van der Waals surface area (Å²) in [6.45, 7) is 11.2. The fraction of sp³-hybridized carbons (Fsp3) is 0.265. The van der Waals surface area contributed by atoms with Crippen molar-refractivity contribution in [1.29, 1.82) is 5.41 Å². The Hall–Kier alpha value is -3.85. The zero-order chi connectivity index (χ0) is 26.2. The lowest BCUT2D eigenvalue weighted by Gasteiger charge is -2.25. The molecular formula is C34H37N3. The van der Waals surface area contributed by atoms with E-state index in [0.717, 1.165) is 28.6 Å². The Morgan fingerprint density at radius 1 is 0.784 bits per heavy atom. The van der Waals surface area contributed by atoms with Gasteiger partial charge in [-0.25, -0.2) is 0 Å². The van der Waals surface area contributed by atoms with E-state index in [0.29, 0.717) is 5.92 Å². The number of guanidine groups is 1. The SMILES string of the molecule is CCC(C)c1ccc(C(NC(=N)Nc2ccc3c4c(cccc24)C=C3)c2ccc(C(C)(C)C)cc2)cc1. The molecule has 0 fully saturated rings. The van der Waals surface area contributed by atoms with Crippen LogP contribution in [0.5, 0.6) is 0 Å². The van der Waals surface area contributed by atoms with Crippen molar-refractivity contribution in [2.45, 2.75) is 58.4 Å². The van der Waals surface area contributed by atoms with E-state index in [9.17, 15) is 0 Å². The summed E-state index contributed by atoms with van der Waals surface area (Å²) < 4.78 is 0. The predicted octanol–water partition coefficient (Wildman–Crippen LogP) is 8.86. The number of hydrogen-bond donors (Lipinski definition) is 3. The molecule has 2 unspecified atom stereocenters. The van der Waals surface area contributed by atoms with E-state index in [1.165, 1.54) is 27.6 Å². The third-order valence-corrected chi connectivity index (χ3v) is 7.66. The van der Waals surface area contributed by atoms with Gasteiger partial charge >= 0.3 is 0 Å². The van der Waals surface area contributed by atoms with Gasteiger partial charge in [-0.15, -0.1) is 0 Å². The first-order valence-corrected chi connectivity index (χ1v) is 13.3. The van der Waals surface area contributed by atoms with Gasteiger partial charge in [-0.1, -0.05) is 120 Å². The number of rotatable bonds is 6. The van der Waals surface area contributed by atoms with Gasteiger partial charge in [0.25, 0.3) is 0 Å². The molecule has 0 bridgehead atoms. The van der Waals surface area contributed by atoms with E-state index in [1.807, 2.05) is 0 Å². The number of hydrogen-bond acceptors (Lipinski definition) is 1. The van der Waals surface area contributed by atoms with Gasteiger partial charge < -0.3 is 10.6 Å². The van der Waals surface area contributed by atoms with Crippen LogP contribution in [0.1, 0.15) is 86.4 Å². The zero-order valence-corrected chi connectivity index (χ0v) is 22.5. The van der Waals surface area contributed by atoms with Crippen LogP contribution >= 0.6 is 0 Å². The molecule has 37 heavy (non-hydrogen) atoms. The summed E-state index contributed by atoms with van der Waals surface area (Å²) in [5.74, 6) is 0.812. The van der Waals surface area contributed by atoms with Crippen molar-refractivity contribution in [1.82, 2.24) is 5.32 Å². The van der Waals surface area contributed by atoms with Crippen molar-refractivity contribution in [2.24, 2.45) is 0 Å². The van der Waals surface area contributed by atoms with Gasteiger partial charge in [0.2, 0.25) is 0 Å². The van der Waals surface area contributed by atoms with Gasteiger partial charge in [-0.2, -0.15) is 0 Å².